The van der Waals surface area contributed by atoms with Crippen LogP contribution in [0.4, 0.5) is 0 Å². The van der Waals surface area contributed by atoms with Crippen LogP contribution in [0.1, 0.15) is 46.5 Å². The second kappa shape index (κ2) is 6.89. The third-order valence-electron chi connectivity index (χ3n) is 3.92. The molecule has 0 aliphatic carbocycles. The lowest BCUT2D eigenvalue weighted by Gasteiger charge is -2.32. The van der Waals surface area contributed by atoms with Gasteiger partial charge in [0.2, 0.25) is 5.91 Å². The molecule has 1 rings (SSSR count). The minimum atomic E-state index is -0.875. The van der Waals surface area contributed by atoms with E-state index in [0.29, 0.717) is 13.0 Å². The fourth-order valence-electron chi connectivity index (χ4n) is 2.68. The van der Waals surface area contributed by atoms with Crippen LogP contribution in [0.2, 0.25) is 0 Å². The first-order valence-corrected chi connectivity index (χ1v) is 7.22. The summed E-state index contributed by atoms with van der Waals surface area (Å²) in [6, 6.07) is 0. The van der Waals surface area contributed by atoms with Crippen LogP contribution in [0.5, 0.6) is 0 Å². The highest BCUT2D eigenvalue weighted by molar-refractivity contribution is 5.82. The van der Waals surface area contributed by atoms with E-state index < -0.39 is 11.5 Å². The first kappa shape index (κ1) is 16.0. The molecule has 0 bridgehead atoms. The lowest BCUT2D eigenvalue weighted by molar-refractivity contribution is -0.150. The number of aliphatic carboxylic acids is 1. The molecule has 1 saturated heterocycles. The van der Waals surface area contributed by atoms with E-state index in [1.165, 1.54) is 0 Å². The van der Waals surface area contributed by atoms with Gasteiger partial charge in [0.1, 0.15) is 5.54 Å². The van der Waals surface area contributed by atoms with Crippen molar-refractivity contribution in [2.45, 2.75) is 52.0 Å². The molecule has 1 aliphatic heterocycles. The maximum atomic E-state index is 12.3. The van der Waals surface area contributed by atoms with E-state index in [1.54, 1.807) is 6.92 Å². The molecule has 1 fully saturated rings. The Morgan fingerprint density at radius 1 is 1.26 bits per heavy atom. The quantitative estimate of drug-likeness (QED) is 0.763. The normalized spacial score (nSPS) is 23.5. The summed E-state index contributed by atoms with van der Waals surface area (Å²) in [5, 5.41) is 9.33. The molecule has 0 saturated carbocycles. The second-order valence-corrected chi connectivity index (χ2v) is 5.48. The number of nitrogens with zero attached hydrogens (tertiary/aromatic N) is 2. The molecule has 0 aromatic rings. The summed E-state index contributed by atoms with van der Waals surface area (Å²) in [6.07, 6.45) is 3.33. The molecule has 110 valence electrons. The molecule has 1 amide bonds. The predicted octanol–water partition coefficient (Wildman–Crippen LogP) is 1.57. The summed E-state index contributed by atoms with van der Waals surface area (Å²) in [5.41, 5.74) is -0.875. The Labute approximate surface area is 115 Å². The highest BCUT2D eigenvalue weighted by atomic mass is 16.4. The van der Waals surface area contributed by atoms with Gasteiger partial charge in [-0.15, -0.1) is 0 Å². The zero-order valence-electron chi connectivity index (χ0n) is 12.3. The average molecular weight is 270 g/mol. The molecule has 5 nitrogen and oxygen atoms in total. The molecule has 0 aromatic carbocycles. The third-order valence-corrected chi connectivity index (χ3v) is 3.92. The van der Waals surface area contributed by atoms with Crippen LogP contribution in [-0.2, 0) is 9.59 Å². The predicted molar refractivity (Wildman–Crippen MR) is 74.0 cm³/mol. The van der Waals surface area contributed by atoms with Gasteiger partial charge in [0.25, 0.3) is 0 Å². The number of amides is 1. The Balaban J connectivity index is 2.66. The van der Waals surface area contributed by atoms with Gasteiger partial charge in [-0.05, 0) is 39.2 Å². The number of carbonyl (C=O) groups is 2. The van der Waals surface area contributed by atoms with Crippen LogP contribution in [-0.4, -0.2) is 58.5 Å². The van der Waals surface area contributed by atoms with Crippen LogP contribution >= 0.6 is 0 Å². The van der Waals surface area contributed by atoms with Gasteiger partial charge in [0, 0.05) is 13.1 Å². The zero-order chi connectivity index (χ0) is 14.5. The minimum Gasteiger partial charge on any atom is -0.480 e. The summed E-state index contributed by atoms with van der Waals surface area (Å²) in [7, 11) is 0. The number of carbonyl (C=O) groups excluding carboxylic acids is 1. The summed E-state index contributed by atoms with van der Waals surface area (Å²) >= 11 is 0. The molecule has 1 atom stereocenters. The van der Waals surface area contributed by atoms with Crippen molar-refractivity contribution in [1.29, 1.82) is 0 Å². The van der Waals surface area contributed by atoms with Crippen molar-refractivity contribution in [3.63, 3.8) is 0 Å². The highest BCUT2D eigenvalue weighted by Gasteiger charge is 2.44. The van der Waals surface area contributed by atoms with Gasteiger partial charge >= 0.3 is 5.97 Å². The molecule has 1 unspecified atom stereocenters. The molecule has 19 heavy (non-hydrogen) atoms. The molecule has 0 spiro atoms. The van der Waals surface area contributed by atoms with Gasteiger partial charge in [0.15, 0.2) is 0 Å². The number of hydrogen-bond acceptors (Lipinski definition) is 3. The smallest absolute Gasteiger partial charge is 0.323 e. The Morgan fingerprint density at radius 2 is 1.84 bits per heavy atom. The number of likely N-dealkylation sites (tertiary alicyclic amines) is 1. The van der Waals surface area contributed by atoms with Gasteiger partial charge < -0.3 is 10.0 Å². The SMILES string of the molecule is CCCN(CCC)C(=O)CN1CCCC1(C)C(=O)O. The molecule has 0 radical (unpaired) electrons. The van der Waals surface area contributed by atoms with Gasteiger partial charge in [-0.25, -0.2) is 0 Å². The highest BCUT2D eigenvalue weighted by Crippen LogP contribution is 2.28. The topological polar surface area (TPSA) is 60.9 Å². The van der Waals surface area contributed by atoms with Crippen molar-refractivity contribution in [3.05, 3.63) is 0 Å². The molecule has 1 N–H and O–H groups in total. The van der Waals surface area contributed by atoms with Crippen molar-refractivity contribution >= 4 is 11.9 Å². The van der Waals surface area contributed by atoms with E-state index in [0.717, 1.165) is 32.4 Å². The summed E-state index contributed by atoms with van der Waals surface area (Å²) in [5.74, 6) is -0.770. The number of carboxylic acid groups (broad SMARTS) is 1. The van der Waals surface area contributed by atoms with Crippen molar-refractivity contribution in [2.24, 2.45) is 0 Å². The van der Waals surface area contributed by atoms with Crippen LogP contribution < -0.4 is 0 Å². The molecule has 1 heterocycles. The number of carboxylic acids is 1. The van der Waals surface area contributed by atoms with Crippen LogP contribution in [0.15, 0.2) is 0 Å². The molecular weight excluding hydrogens is 244 g/mol. The Morgan fingerprint density at radius 3 is 2.32 bits per heavy atom. The lowest BCUT2D eigenvalue weighted by atomic mass is 9.99. The maximum absolute atomic E-state index is 12.3. The van der Waals surface area contributed by atoms with Gasteiger partial charge in [-0.2, -0.15) is 0 Å². The Kier molecular flexibility index (Phi) is 5.79. The molecule has 1 aliphatic rings. The maximum Gasteiger partial charge on any atom is 0.323 e. The first-order chi connectivity index (χ1) is 8.95. The molecule has 5 heteroatoms. The van der Waals surface area contributed by atoms with Gasteiger partial charge in [-0.3, -0.25) is 14.5 Å². The fraction of sp³-hybridized carbons (Fsp3) is 0.857. The largest absolute Gasteiger partial charge is 0.480 e. The van der Waals surface area contributed by atoms with Crippen molar-refractivity contribution < 1.29 is 14.7 Å². The van der Waals surface area contributed by atoms with Crippen molar-refractivity contribution in [3.8, 4) is 0 Å². The summed E-state index contributed by atoms with van der Waals surface area (Å²) in [6.45, 7) is 8.25. The fourth-order valence-corrected chi connectivity index (χ4v) is 2.68. The van der Waals surface area contributed by atoms with E-state index in [-0.39, 0.29) is 12.5 Å². The van der Waals surface area contributed by atoms with Crippen LogP contribution in [0.3, 0.4) is 0 Å². The Bertz CT molecular complexity index is 327. The van der Waals surface area contributed by atoms with E-state index in [1.807, 2.05) is 23.6 Å². The van der Waals surface area contributed by atoms with Crippen molar-refractivity contribution in [1.82, 2.24) is 9.80 Å². The van der Waals surface area contributed by atoms with Gasteiger partial charge in [-0.1, -0.05) is 13.8 Å². The second-order valence-electron chi connectivity index (χ2n) is 5.48. The molecule has 0 aromatic heterocycles. The van der Waals surface area contributed by atoms with E-state index in [2.05, 4.69) is 0 Å². The Hall–Kier alpha value is -1.10. The van der Waals surface area contributed by atoms with E-state index in [9.17, 15) is 14.7 Å². The zero-order valence-corrected chi connectivity index (χ0v) is 12.3. The minimum absolute atomic E-state index is 0.0538. The van der Waals surface area contributed by atoms with Crippen molar-refractivity contribution in [2.75, 3.05) is 26.2 Å². The van der Waals surface area contributed by atoms with E-state index >= 15 is 0 Å². The third kappa shape index (κ3) is 3.69. The summed E-state index contributed by atoms with van der Waals surface area (Å²) in [4.78, 5) is 27.3. The standard InChI is InChI=1S/C14H26N2O3/c1-4-8-15(9-5-2)12(17)11-16-10-6-7-14(16,3)13(18)19/h4-11H2,1-3H3,(H,18,19). The first-order valence-electron chi connectivity index (χ1n) is 7.22. The van der Waals surface area contributed by atoms with Crippen LogP contribution in [0.25, 0.3) is 0 Å². The van der Waals surface area contributed by atoms with Gasteiger partial charge in [0.05, 0.1) is 6.54 Å². The summed E-state index contributed by atoms with van der Waals surface area (Å²) < 4.78 is 0. The average Bonchev–Trinajstić information content (AvgIpc) is 2.72. The monoisotopic (exact) mass is 270 g/mol. The van der Waals surface area contributed by atoms with E-state index in [4.69, 9.17) is 0 Å². The number of rotatable bonds is 7. The molecular formula is C14H26N2O3. The lowest BCUT2D eigenvalue weighted by Crippen LogP contribution is -2.52. The van der Waals surface area contributed by atoms with Crippen LogP contribution in [0, 0.1) is 0 Å². The number of hydrogen-bond donors (Lipinski definition) is 1.